The van der Waals surface area contributed by atoms with Crippen LogP contribution in [0.1, 0.15) is 157 Å². The van der Waals surface area contributed by atoms with Crippen LogP contribution in [0.4, 0.5) is 0 Å². The van der Waals surface area contributed by atoms with Crippen LogP contribution in [-0.2, 0) is 83.6 Å². The lowest BCUT2D eigenvalue weighted by atomic mass is 10.1. The SMILES string of the molecule is CCN(CC)/[N+]([O-])=N/OCC1CO1.CCN(CC)/[N+]([O-])=N/OCN1C(=O)c2ccccc2C1=O.CCN(CC)/[N+]([O-])=N/OCOP(C)(=O)OC(C)(C)C.CCN(CC)/[N+]([O-])=N/OCS(C)(=O)=O.CCN(CC)/[N+]([O-])=N/OCS(C)=O.CS(=O)CO/N=[N+](\[O-])N1CCCC1CO.O=C1c2ccccc2C(=O)N1CO/N=[N+](\[O-])N1CCCC1CO. The van der Waals surface area contributed by atoms with E-state index in [2.05, 4.69) is 56.3 Å². The molecule has 5 heterocycles. The number of epoxide rings is 1. The van der Waals surface area contributed by atoms with Gasteiger partial charge in [0.2, 0.25) is 63.1 Å². The maximum atomic E-state index is 12.1. The third kappa shape index (κ3) is 40.4. The van der Waals surface area contributed by atoms with E-state index in [1.54, 1.807) is 97.0 Å². The van der Waals surface area contributed by atoms with Gasteiger partial charge in [-0.2, -0.15) is 0 Å². The molecule has 674 valence electrons. The first-order chi connectivity index (χ1) is 55.8. The van der Waals surface area contributed by atoms with E-state index in [9.17, 15) is 77.0 Å². The molecule has 0 aromatic heterocycles. The summed E-state index contributed by atoms with van der Waals surface area (Å²) in [5.74, 6) is -2.61. The maximum absolute atomic E-state index is 12.1. The standard InChI is InChI=1S/C14H16N4O5.C13H16N4O4.C10H24N3O5P.C7H15N3O4S.C7H15N3O3.C6H15N3O4S.C6H15N3O3S/c19-8-10-4-3-7-17(10)18(22)15-23-9-16-13(20)11-5-1-2-6-12(11)14(16)21;1-3-15(4-2)17(20)14-21-9-16-12(18)10-7-5-6-8-11(10)13(16)19;1-7-12(8-2)13(14)11-16-9-17-19(6,15)18-10(3,4)5;1-15(13)6-14-8-10(12)9-4-2-3-7(9)5-11;1-3-9(4-2)10(11)8-13-6-7-5-12-7;1-4-8(5-2)9(10)7-13-6-14(3,11)12;1-4-8(5-2)9(10)7-12-6-13(3)11/h1-2,5-6,10,19H,3-4,7-9H2;5-8H,3-4,9H2,1-2H3;7-9H2,1-6H3;7,11H,2-6H2,1H3;7H,3-6H2,1-2H3;4-6H2,1-3H3;4-6H2,1-3H3/b18-15-;17-14-;13-11-;2*10-8-;2*9-7-. The number of amides is 4. The number of nitrogens with zero attached hydrogens (tertiary/aromatic N) is 23. The Morgan fingerprint density at radius 2 is 0.814 bits per heavy atom. The summed E-state index contributed by atoms with van der Waals surface area (Å²) in [6.07, 6.45) is 7.15. The van der Waals surface area contributed by atoms with Crippen molar-refractivity contribution in [1.82, 2.24) is 44.9 Å². The average molecular weight is 1770 g/mol. The highest BCUT2D eigenvalue weighted by Crippen LogP contribution is 2.47. The molecule has 3 fully saturated rings. The van der Waals surface area contributed by atoms with Gasteiger partial charge in [-0.3, -0.25) is 36.7 Å². The molecule has 0 bridgehead atoms. The van der Waals surface area contributed by atoms with Gasteiger partial charge in [-0.15, -0.1) is 35.1 Å². The minimum absolute atomic E-state index is 0.0555. The Labute approximate surface area is 689 Å². The molecule has 0 saturated carbocycles. The lowest BCUT2D eigenvalue weighted by Crippen LogP contribution is -2.38. The van der Waals surface area contributed by atoms with Gasteiger partial charge in [-0.05, 0) is 140 Å². The van der Waals surface area contributed by atoms with E-state index in [0.717, 1.165) is 35.3 Å². The molecule has 6 atom stereocenters. The Bertz CT molecular complexity index is 3730. The number of ether oxygens (including phenoxy) is 1. The molecule has 0 aliphatic carbocycles. The fourth-order valence-corrected chi connectivity index (χ4v) is 11.5. The topological polar surface area (TPSA) is 588 Å². The molecule has 3 saturated heterocycles. The van der Waals surface area contributed by atoms with E-state index in [-0.39, 0.29) is 53.2 Å². The fraction of sp³-hybridized carbons (Fsp3) is 0.746. The number of rotatable bonds is 42. The van der Waals surface area contributed by atoms with E-state index in [1.807, 2.05) is 41.5 Å². The molecule has 4 amide bonds. The van der Waals surface area contributed by atoms with Crippen LogP contribution in [0.25, 0.3) is 0 Å². The van der Waals surface area contributed by atoms with Crippen LogP contribution in [0.5, 0.6) is 0 Å². The van der Waals surface area contributed by atoms with Gasteiger partial charge in [0.25, 0.3) is 23.6 Å². The number of sulfone groups is 1. The van der Waals surface area contributed by atoms with Crippen molar-refractivity contribution < 1.29 is 133 Å². The number of benzene rings is 2. The van der Waals surface area contributed by atoms with Gasteiger partial charge in [-0.25, -0.2) is 18.2 Å². The second-order valence-corrected chi connectivity index (χ2v) is 32.3. The predicted octanol–water partition coefficient (Wildman–Crippen LogP) is 5.38. The average Bonchev–Trinajstić information content (AvgIpc) is 1.65. The quantitative estimate of drug-likeness (QED) is 0.0123. The molecule has 5 aliphatic rings. The van der Waals surface area contributed by atoms with Crippen LogP contribution < -0.4 is 0 Å². The first-order valence-corrected chi connectivity index (χ1v) is 44.6. The van der Waals surface area contributed by atoms with Crippen molar-refractivity contribution >= 4 is 62.7 Å². The maximum Gasteiger partial charge on any atom is 0.331 e. The van der Waals surface area contributed by atoms with Crippen LogP contribution in [0, 0.1) is 36.5 Å². The minimum atomic E-state index is -3.26. The Morgan fingerprint density at radius 3 is 1.12 bits per heavy atom. The lowest BCUT2D eigenvalue weighted by Gasteiger charge is -2.23. The van der Waals surface area contributed by atoms with Crippen molar-refractivity contribution in [2.75, 3.05) is 168 Å². The number of fused-ring (bicyclic) bond motifs is 2. The van der Waals surface area contributed by atoms with Gasteiger partial charge >= 0.3 is 7.60 Å². The fourth-order valence-electron chi connectivity index (χ4n) is 9.63. The molecule has 55 heteroatoms. The smallest absolute Gasteiger partial charge is 0.331 e. The number of aliphatic hydroxyl groups excluding tert-OH is 2. The van der Waals surface area contributed by atoms with Crippen molar-refractivity contribution in [3.05, 3.63) is 107 Å². The Balaban J connectivity index is 0.000000696. The number of carbonyl (C=O) groups excluding carboxylic acids is 4. The monoisotopic (exact) mass is 1770 g/mol. The molecule has 2 N–H and O–H groups in total. The molecule has 0 radical (unpaired) electrons. The number of imide groups is 2. The summed E-state index contributed by atoms with van der Waals surface area (Å²) in [6, 6.07) is 12.5. The molecule has 2 aromatic rings. The molecule has 7 rings (SSSR count). The number of hydrazine groups is 7. The Morgan fingerprint density at radius 1 is 0.517 bits per heavy atom. The van der Waals surface area contributed by atoms with Crippen molar-refractivity contribution in [3.8, 4) is 0 Å². The van der Waals surface area contributed by atoms with Crippen LogP contribution >= 0.6 is 7.60 Å². The van der Waals surface area contributed by atoms with Crippen molar-refractivity contribution in [2.24, 2.45) is 36.9 Å². The van der Waals surface area contributed by atoms with Crippen molar-refractivity contribution in [3.63, 3.8) is 0 Å². The summed E-state index contributed by atoms with van der Waals surface area (Å²) in [7, 11) is -8.73. The van der Waals surface area contributed by atoms with E-state index in [0.29, 0.717) is 145 Å². The first kappa shape index (κ1) is 106. The summed E-state index contributed by atoms with van der Waals surface area (Å²) in [4.78, 5) is 84.8. The Kier molecular flexibility index (Phi) is 50.7. The zero-order valence-corrected chi connectivity index (χ0v) is 73.0. The largest absolute Gasteiger partial charge is 0.569 e. The molecule has 6 unspecified atom stereocenters. The summed E-state index contributed by atoms with van der Waals surface area (Å²) >= 11 is 0. The van der Waals surface area contributed by atoms with Crippen LogP contribution in [0.3, 0.4) is 0 Å². The highest BCUT2D eigenvalue weighted by molar-refractivity contribution is 7.90. The first-order valence-electron chi connectivity index (χ1n) is 37.1. The van der Waals surface area contributed by atoms with Gasteiger partial charge in [-0.1, -0.05) is 24.3 Å². The summed E-state index contributed by atoms with van der Waals surface area (Å²) in [6.45, 7) is 30.7. The number of hydrogen-bond donors (Lipinski definition) is 2. The van der Waals surface area contributed by atoms with Crippen LogP contribution in [0.15, 0.2) is 85.5 Å². The van der Waals surface area contributed by atoms with E-state index >= 15 is 0 Å². The lowest BCUT2D eigenvalue weighted by molar-refractivity contribution is -0.715. The van der Waals surface area contributed by atoms with E-state index in [4.69, 9.17) is 38.5 Å². The molecule has 51 nitrogen and oxygen atoms in total. The molecule has 5 aliphatic heterocycles. The normalized spacial score (nSPS) is 17.7. The molecular formula is C63H116N23O28PS3. The summed E-state index contributed by atoms with van der Waals surface area (Å²) in [5, 5.41) is 130. The molecule has 118 heavy (non-hydrogen) atoms. The van der Waals surface area contributed by atoms with Gasteiger partial charge in [0.15, 0.2) is 28.3 Å². The third-order valence-corrected chi connectivity index (χ3v) is 18.4. The zero-order chi connectivity index (χ0) is 89.3. The highest BCUT2D eigenvalue weighted by Gasteiger charge is 2.38. The summed E-state index contributed by atoms with van der Waals surface area (Å²) in [5.41, 5.74) is 0.676. The second-order valence-electron chi connectivity index (χ2n) is 25.4. The highest BCUT2D eigenvalue weighted by atomic mass is 32.2. The van der Waals surface area contributed by atoms with Crippen molar-refractivity contribution in [1.29, 1.82) is 0 Å². The Hall–Kier alpha value is -10.0. The van der Waals surface area contributed by atoms with Gasteiger partial charge in [0, 0.05) is 25.4 Å². The zero-order valence-electron chi connectivity index (χ0n) is 69.7. The number of carbonyl (C=O) groups is 4. The van der Waals surface area contributed by atoms with Gasteiger partial charge in [0.05, 0.1) is 183 Å². The van der Waals surface area contributed by atoms with E-state index < -0.39 is 94.5 Å². The van der Waals surface area contributed by atoms with Gasteiger partial charge in [0.1, 0.15) is 18.2 Å². The second kappa shape index (κ2) is 56.4. The predicted molar refractivity (Wildman–Crippen MR) is 414 cm³/mol. The van der Waals surface area contributed by atoms with Crippen molar-refractivity contribution in [2.45, 2.75) is 139 Å². The van der Waals surface area contributed by atoms with Crippen LogP contribution in [0.2, 0.25) is 0 Å². The summed E-state index contributed by atoms with van der Waals surface area (Å²) < 4.78 is 69.3. The van der Waals surface area contributed by atoms with E-state index in [1.165, 1.54) is 54.2 Å². The minimum Gasteiger partial charge on any atom is -0.569 e. The molecule has 0 spiro atoms. The third-order valence-electron chi connectivity index (χ3n) is 15.6. The number of aliphatic hydroxyl groups is 2. The van der Waals surface area contributed by atoms with Crippen LogP contribution in [-0.4, -0.2) is 323 Å². The van der Waals surface area contributed by atoms with Gasteiger partial charge < -0.3 is 89.8 Å². The molecule has 2 aromatic carbocycles. The number of hydrogen-bond acceptors (Lipinski definition) is 35. The molecular weight excluding hydrogens is 1650 g/mol.